The van der Waals surface area contributed by atoms with E-state index in [0.717, 1.165) is 23.5 Å². The molecule has 0 radical (unpaired) electrons. The molecule has 260 valence electrons. The second kappa shape index (κ2) is 18.4. The number of carbonyl (C=O) groups is 1. The Morgan fingerprint density at radius 1 is 0.854 bits per heavy atom. The zero-order valence-electron chi connectivity index (χ0n) is 29.9. The number of esters is 1. The van der Waals surface area contributed by atoms with Crippen LogP contribution in [0.25, 0.3) is 22.3 Å². The van der Waals surface area contributed by atoms with E-state index < -0.39 is 11.4 Å². The maximum Gasteiger partial charge on any atom is 0.333 e. The first kappa shape index (κ1) is 37.4. The van der Waals surface area contributed by atoms with E-state index in [4.69, 9.17) is 9.47 Å². The molecular formula is C43H58O5. The summed E-state index contributed by atoms with van der Waals surface area (Å²) in [5, 5.41) is 19.4. The van der Waals surface area contributed by atoms with Crippen molar-refractivity contribution in [3.8, 4) is 28.0 Å². The minimum absolute atomic E-state index is 0.115. The van der Waals surface area contributed by atoms with Crippen molar-refractivity contribution in [3.05, 3.63) is 89.5 Å². The summed E-state index contributed by atoms with van der Waals surface area (Å²) in [6.45, 7) is 12.0. The van der Waals surface area contributed by atoms with Gasteiger partial charge in [-0.05, 0) is 108 Å². The third-order valence-electron chi connectivity index (χ3n) is 10.3. The Balaban J connectivity index is 1.49. The minimum atomic E-state index is -0.609. The Labute approximate surface area is 289 Å². The Kier molecular flexibility index (Phi) is 14.3. The summed E-state index contributed by atoms with van der Waals surface area (Å²) in [4.78, 5) is 12.0. The van der Waals surface area contributed by atoms with E-state index in [1.807, 2.05) is 13.0 Å². The smallest absolute Gasteiger partial charge is 0.333 e. The van der Waals surface area contributed by atoms with Crippen LogP contribution in [0.15, 0.2) is 72.8 Å². The molecule has 0 spiro atoms. The third-order valence-corrected chi connectivity index (χ3v) is 10.3. The highest BCUT2D eigenvalue weighted by Gasteiger charge is 2.23. The largest absolute Gasteiger partial charge is 0.493 e. The molecule has 5 nitrogen and oxygen atoms in total. The summed E-state index contributed by atoms with van der Waals surface area (Å²) in [7, 11) is 0. The van der Waals surface area contributed by atoms with E-state index in [-0.39, 0.29) is 19.8 Å². The SMILES string of the molecule is C=C(C)C(=O)OCCc1cc(-c2ccc(-c3ccc(C4CCC(CCCCC)CC4)cc3)cc2CC)ccc1OCCC(C)(CO)CO. The first-order chi connectivity index (χ1) is 23.2. The predicted molar refractivity (Wildman–Crippen MR) is 197 cm³/mol. The van der Waals surface area contributed by atoms with Gasteiger partial charge in [0, 0.05) is 17.4 Å². The van der Waals surface area contributed by atoms with Crippen LogP contribution in [0.1, 0.15) is 108 Å². The van der Waals surface area contributed by atoms with Crippen LogP contribution < -0.4 is 4.74 Å². The van der Waals surface area contributed by atoms with Gasteiger partial charge in [-0.2, -0.15) is 0 Å². The molecule has 1 saturated carbocycles. The van der Waals surface area contributed by atoms with Gasteiger partial charge in [-0.3, -0.25) is 0 Å². The normalized spacial score (nSPS) is 16.5. The Hall–Kier alpha value is -3.41. The molecular weight excluding hydrogens is 596 g/mol. The van der Waals surface area contributed by atoms with Crippen molar-refractivity contribution in [1.82, 2.24) is 0 Å². The van der Waals surface area contributed by atoms with Crippen LogP contribution in [0.4, 0.5) is 0 Å². The minimum Gasteiger partial charge on any atom is -0.493 e. The lowest BCUT2D eigenvalue weighted by molar-refractivity contribution is -0.138. The highest BCUT2D eigenvalue weighted by molar-refractivity contribution is 5.86. The molecule has 0 saturated heterocycles. The van der Waals surface area contributed by atoms with Crippen molar-refractivity contribution in [2.24, 2.45) is 11.3 Å². The van der Waals surface area contributed by atoms with Crippen LogP contribution in [-0.4, -0.2) is 42.6 Å². The predicted octanol–water partition coefficient (Wildman–Crippen LogP) is 9.86. The Morgan fingerprint density at radius 2 is 1.52 bits per heavy atom. The van der Waals surface area contributed by atoms with E-state index in [2.05, 4.69) is 75.0 Å². The molecule has 4 rings (SSSR count). The molecule has 2 N–H and O–H groups in total. The van der Waals surface area contributed by atoms with E-state index in [9.17, 15) is 15.0 Å². The van der Waals surface area contributed by atoms with E-state index in [1.54, 1.807) is 6.92 Å². The lowest BCUT2D eigenvalue weighted by Crippen LogP contribution is -2.28. The van der Waals surface area contributed by atoms with Gasteiger partial charge in [0.25, 0.3) is 0 Å². The van der Waals surface area contributed by atoms with Gasteiger partial charge in [0.1, 0.15) is 5.75 Å². The van der Waals surface area contributed by atoms with Gasteiger partial charge in [0.15, 0.2) is 0 Å². The van der Waals surface area contributed by atoms with Crippen molar-refractivity contribution in [2.45, 2.75) is 104 Å². The molecule has 3 aromatic carbocycles. The summed E-state index contributed by atoms with van der Waals surface area (Å²) < 4.78 is 11.6. The number of aliphatic hydroxyl groups excluding tert-OH is 2. The van der Waals surface area contributed by atoms with Crippen LogP contribution in [0.2, 0.25) is 0 Å². The number of unbranched alkanes of at least 4 members (excludes halogenated alkanes) is 2. The van der Waals surface area contributed by atoms with Gasteiger partial charge >= 0.3 is 5.97 Å². The Morgan fingerprint density at radius 3 is 2.17 bits per heavy atom. The molecule has 0 aliphatic heterocycles. The number of hydrogen-bond acceptors (Lipinski definition) is 5. The van der Waals surface area contributed by atoms with Gasteiger partial charge < -0.3 is 19.7 Å². The van der Waals surface area contributed by atoms with Crippen LogP contribution in [0.3, 0.4) is 0 Å². The van der Waals surface area contributed by atoms with Crippen LogP contribution in [0.5, 0.6) is 5.75 Å². The van der Waals surface area contributed by atoms with E-state index >= 15 is 0 Å². The van der Waals surface area contributed by atoms with Gasteiger partial charge in [-0.1, -0.05) is 102 Å². The zero-order chi connectivity index (χ0) is 34.5. The number of aryl methyl sites for hydroxylation is 1. The number of ether oxygens (including phenoxy) is 2. The topological polar surface area (TPSA) is 76.0 Å². The van der Waals surface area contributed by atoms with Crippen molar-refractivity contribution in [1.29, 1.82) is 0 Å². The number of aliphatic hydroxyl groups is 2. The average molecular weight is 655 g/mol. The van der Waals surface area contributed by atoms with Crippen molar-refractivity contribution in [2.75, 3.05) is 26.4 Å². The van der Waals surface area contributed by atoms with Gasteiger partial charge in [-0.25, -0.2) is 4.79 Å². The second-order valence-corrected chi connectivity index (χ2v) is 14.3. The number of rotatable bonds is 18. The van der Waals surface area contributed by atoms with E-state index in [1.165, 1.54) is 79.2 Å². The summed E-state index contributed by atoms with van der Waals surface area (Å²) in [6.07, 6.45) is 12.8. The standard InChI is InChI=1S/C43H58O5/c1-6-8-9-10-32-11-13-34(14-12-32)35-15-17-36(18-16-35)37-19-21-40(33(7-2)27-37)38-20-22-41(47-26-24-43(5,29-44)30-45)39(28-38)23-25-48-42(46)31(3)4/h15-22,27-28,32,34,44-45H,3,6-14,23-26,29-30H2,1-2,4-5H3. The molecule has 3 aromatic rings. The summed E-state index contributed by atoms with van der Waals surface area (Å²) in [5.41, 5.74) is 8.19. The molecule has 1 aliphatic carbocycles. The highest BCUT2D eigenvalue weighted by Crippen LogP contribution is 2.39. The summed E-state index contributed by atoms with van der Waals surface area (Å²) in [6, 6.07) is 22.2. The third kappa shape index (κ3) is 10.3. The van der Waals surface area contributed by atoms with Gasteiger partial charge in [-0.15, -0.1) is 0 Å². The average Bonchev–Trinajstić information content (AvgIpc) is 3.12. The van der Waals surface area contributed by atoms with Gasteiger partial charge in [0.05, 0.1) is 26.4 Å². The summed E-state index contributed by atoms with van der Waals surface area (Å²) in [5.74, 6) is 1.92. The molecule has 0 heterocycles. The first-order valence-electron chi connectivity index (χ1n) is 18.2. The molecule has 5 heteroatoms. The van der Waals surface area contributed by atoms with Gasteiger partial charge in [0.2, 0.25) is 0 Å². The fourth-order valence-electron chi connectivity index (χ4n) is 6.84. The molecule has 0 bridgehead atoms. The second-order valence-electron chi connectivity index (χ2n) is 14.3. The van der Waals surface area contributed by atoms with Crippen LogP contribution >= 0.6 is 0 Å². The molecule has 48 heavy (non-hydrogen) atoms. The molecule has 0 atom stereocenters. The number of hydrogen-bond donors (Lipinski definition) is 2. The molecule has 0 amide bonds. The maximum absolute atomic E-state index is 12.0. The van der Waals surface area contributed by atoms with Crippen molar-refractivity contribution >= 4 is 5.97 Å². The fraction of sp³-hybridized carbons (Fsp3) is 0.512. The lowest BCUT2D eigenvalue weighted by atomic mass is 9.77. The Bertz CT molecular complexity index is 1460. The highest BCUT2D eigenvalue weighted by atomic mass is 16.5. The molecule has 0 unspecified atom stereocenters. The quantitative estimate of drug-likeness (QED) is 0.0811. The fourth-order valence-corrected chi connectivity index (χ4v) is 6.84. The maximum atomic E-state index is 12.0. The molecule has 0 aromatic heterocycles. The van der Waals surface area contributed by atoms with Crippen LogP contribution in [-0.2, 0) is 22.4 Å². The summed E-state index contributed by atoms with van der Waals surface area (Å²) >= 11 is 0. The van der Waals surface area contributed by atoms with Crippen molar-refractivity contribution in [3.63, 3.8) is 0 Å². The number of carbonyl (C=O) groups excluding carboxylic acids is 1. The lowest BCUT2D eigenvalue weighted by Gasteiger charge is -2.29. The van der Waals surface area contributed by atoms with E-state index in [0.29, 0.717) is 36.7 Å². The molecule has 1 aliphatic rings. The first-order valence-corrected chi connectivity index (χ1v) is 18.2. The number of benzene rings is 3. The monoisotopic (exact) mass is 654 g/mol. The zero-order valence-corrected chi connectivity index (χ0v) is 29.9. The molecule has 1 fully saturated rings. The van der Waals surface area contributed by atoms with Crippen LogP contribution in [0, 0.1) is 11.3 Å². The van der Waals surface area contributed by atoms with Crippen molar-refractivity contribution < 1.29 is 24.5 Å².